The van der Waals surface area contributed by atoms with Crippen LogP contribution >= 0.6 is 0 Å². The Hall–Kier alpha value is -3.48. The number of carbonyl (C=O) groups excluding carboxylic acids is 1. The smallest absolute Gasteiger partial charge is 0.305 e. The second-order valence-electron chi connectivity index (χ2n) is 6.61. The standard InChI is InChI=1S/C21H21N3O4/c1-12-6-4-5-7-16(12)17(11-19(25)26)23-21(27)15-8-9-22-18(10-15)20-13(2)24-28-14(20)3/h4-10,17H,11H2,1-3H3,(H,23,27)(H,25,26)/t17-/m0/s1. The highest BCUT2D eigenvalue weighted by Crippen LogP contribution is 2.26. The fraction of sp³-hybridized carbons (Fsp3) is 0.238. The monoisotopic (exact) mass is 379 g/mol. The Morgan fingerprint density at radius 1 is 1.18 bits per heavy atom. The molecule has 144 valence electrons. The van der Waals surface area contributed by atoms with Crippen molar-refractivity contribution in [1.29, 1.82) is 0 Å². The summed E-state index contributed by atoms with van der Waals surface area (Å²) in [7, 11) is 0. The van der Waals surface area contributed by atoms with Gasteiger partial charge in [-0.3, -0.25) is 14.6 Å². The van der Waals surface area contributed by atoms with Gasteiger partial charge in [0.2, 0.25) is 0 Å². The molecule has 0 unspecified atom stereocenters. The summed E-state index contributed by atoms with van der Waals surface area (Å²) in [6.07, 6.45) is 1.33. The summed E-state index contributed by atoms with van der Waals surface area (Å²) in [5.41, 5.74) is 4.09. The maximum Gasteiger partial charge on any atom is 0.305 e. The highest BCUT2D eigenvalue weighted by molar-refractivity contribution is 5.95. The van der Waals surface area contributed by atoms with Crippen LogP contribution in [0.5, 0.6) is 0 Å². The van der Waals surface area contributed by atoms with Gasteiger partial charge >= 0.3 is 5.97 Å². The number of nitrogens with one attached hydrogen (secondary N) is 1. The Morgan fingerprint density at radius 3 is 2.57 bits per heavy atom. The van der Waals surface area contributed by atoms with E-state index in [2.05, 4.69) is 15.5 Å². The molecular weight excluding hydrogens is 358 g/mol. The van der Waals surface area contributed by atoms with E-state index < -0.39 is 12.0 Å². The lowest BCUT2D eigenvalue weighted by molar-refractivity contribution is -0.137. The Kier molecular flexibility index (Phi) is 5.54. The summed E-state index contributed by atoms with van der Waals surface area (Å²) in [5.74, 6) is -0.740. The molecule has 2 N–H and O–H groups in total. The molecule has 1 amide bonds. The van der Waals surface area contributed by atoms with Gasteiger partial charge in [-0.1, -0.05) is 29.4 Å². The number of aromatic nitrogens is 2. The number of benzene rings is 1. The summed E-state index contributed by atoms with van der Waals surface area (Å²) < 4.78 is 5.17. The van der Waals surface area contributed by atoms with Gasteiger partial charge in [-0.15, -0.1) is 0 Å². The van der Waals surface area contributed by atoms with Crippen molar-refractivity contribution in [3.8, 4) is 11.3 Å². The third kappa shape index (κ3) is 4.09. The van der Waals surface area contributed by atoms with Crippen LogP contribution in [-0.4, -0.2) is 27.1 Å². The van der Waals surface area contributed by atoms with Gasteiger partial charge in [0.15, 0.2) is 0 Å². The first-order chi connectivity index (χ1) is 13.4. The first-order valence-electron chi connectivity index (χ1n) is 8.84. The van der Waals surface area contributed by atoms with Gasteiger partial charge < -0.3 is 14.9 Å². The zero-order valence-corrected chi connectivity index (χ0v) is 15.9. The number of amides is 1. The summed E-state index contributed by atoms with van der Waals surface area (Å²) >= 11 is 0. The summed E-state index contributed by atoms with van der Waals surface area (Å²) in [6.45, 7) is 5.48. The normalized spacial score (nSPS) is 11.8. The molecule has 0 aliphatic heterocycles. The minimum Gasteiger partial charge on any atom is -0.481 e. The van der Waals surface area contributed by atoms with E-state index in [1.165, 1.54) is 6.20 Å². The summed E-state index contributed by atoms with van der Waals surface area (Å²) in [4.78, 5) is 28.5. The molecule has 0 saturated heterocycles. The largest absolute Gasteiger partial charge is 0.481 e. The SMILES string of the molecule is Cc1ccccc1[C@H](CC(=O)O)NC(=O)c1ccnc(-c2c(C)noc2C)c1. The molecule has 2 aromatic heterocycles. The quantitative estimate of drug-likeness (QED) is 0.678. The Bertz CT molecular complexity index is 1010. The average molecular weight is 379 g/mol. The number of carboxylic acids is 1. The second kappa shape index (κ2) is 8.04. The molecule has 1 aromatic carbocycles. The third-order valence-corrected chi connectivity index (χ3v) is 4.56. The van der Waals surface area contributed by atoms with Crippen LogP contribution in [0.15, 0.2) is 47.1 Å². The molecule has 2 heterocycles. The highest BCUT2D eigenvalue weighted by atomic mass is 16.5. The van der Waals surface area contributed by atoms with E-state index in [0.717, 1.165) is 16.7 Å². The lowest BCUT2D eigenvalue weighted by Gasteiger charge is -2.19. The number of hydrogen-bond donors (Lipinski definition) is 2. The molecule has 0 fully saturated rings. The highest BCUT2D eigenvalue weighted by Gasteiger charge is 2.21. The molecule has 0 radical (unpaired) electrons. The van der Waals surface area contributed by atoms with Crippen LogP contribution in [0.4, 0.5) is 0 Å². The van der Waals surface area contributed by atoms with Crippen LogP contribution in [0.2, 0.25) is 0 Å². The van der Waals surface area contributed by atoms with E-state index in [0.29, 0.717) is 22.7 Å². The molecule has 0 bridgehead atoms. The van der Waals surface area contributed by atoms with Gasteiger partial charge in [0.05, 0.1) is 29.4 Å². The van der Waals surface area contributed by atoms with Gasteiger partial charge in [-0.05, 0) is 44.0 Å². The first-order valence-corrected chi connectivity index (χ1v) is 8.84. The Balaban J connectivity index is 1.89. The van der Waals surface area contributed by atoms with Crippen LogP contribution < -0.4 is 5.32 Å². The van der Waals surface area contributed by atoms with Crippen molar-refractivity contribution in [2.24, 2.45) is 0 Å². The number of aliphatic carboxylic acids is 1. The molecular formula is C21H21N3O4. The maximum atomic E-state index is 12.8. The van der Waals surface area contributed by atoms with Crippen molar-refractivity contribution in [2.45, 2.75) is 33.2 Å². The van der Waals surface area contributed by atoms with E-state index in [-0.39, 0.29) is 12.3 Å². The molecule has 7 nitrogen and oxygen atoms in total. The van der Waals surface area contributed by atoms with Gasteiger partial charge in [0.25, 0.3) is 5.91 Å². The van der Waals surface area contributed by atoms with Crippen LogP contribution in [0.3, 0.4) is 0 Å². The lowest BCUT2D eigenvalue weighted by Crippen LogP contribution is -2.30. The van der Waals surface area contributed by atoms with Crippen molar-refractivity contribution < 1.29 is 19.2 Å². The molecule has 0 aliphatic carbocycles. The summed E-state index contributed by atoms with van der Waals surface area (Å²) in [5, 5.41) is 16.0. The van der Waals surface area contributed by atoms with Crippen LogP contribution in [0, 0.1) is 20.8 Å². The van der Waals surface area contributed by atoms with E-state index >= 15 is 0 Å². The molecule has 0 saturated carbocycles. The molecule has 1 atom stereocenters. The van der Waals surface area contributed by atoms with Gasteiger partial charge in [0, 0.05) is 11.8 Å². The number of nitrogens with zero attached hydrogens (tertiary/aromatic N) is 2. The zero-order chi connectivity index (χ0) is 20.3. The van der Waals surface area contributed by atoms with Crippen molar-refractivity contribution in [3.05, 3.63) is 70.7 Å². The minimum absolute atomic E-state index is 0.210. The molecule has 3 rings (SSSR count). The van der Waals surface area contributed by atoms with Crippen molar-refractivity contribution >= 4 is 11.9 Å². The number of aryl methyl sites for hydroxylation is 3. The van der Waals surface area contributed by atoms with Crippen molar-refractivity contribution in [3.63, 3.8) is 0 Å². The molecule has 3 aromatic rings. The van der Waals surface area contributed by atoms with E-state index in [9.17, 15) is 14.7 Å². The Morgan fingerprint density at radius 2 is 1.93 bits per heavy atom. The maximum absolute atomic E-state index is 12.8. The van der Waals surface area contributed by atoms with Crippen LogP contribution in [0.1, 0.15) is 45.4 Å². The van der Waals surface area contributed by atoms with Gasteiger partial charge in [-0.2, -0.15) is 0 Å². The number of carbonyl (C=O) groups is 2. The first kappa shape index (κ1) is 19.3. The fourth-order valence-corrected chi connectivity index (χ4v) is 3.19. The zero-order valence-electron chi connectivity index (χ0n) is 15.9. The number of hydrogen-bond acceptors (Lipinski definition) is 5. The molecule has 7 heteroatoms. The van der Waals surface area contributed by atoms with Crippen molar-refractivity contribution in [2.75, 3.05) is 0 Å². The number of carboxylic acid groups (broad SMARTS) is 1. The summed E-state index contributed by atoms with van der Waals surface area (Å²) in [6, 6.07) is 10.0. The number of rotatable bonds is 6. The van der Waals surface area contributed by atoms with E-state index in [4.69, 9.17) is 4.52 Å². The topological polar surface area (TPSA) is 105 Å². The van der Waals surface area contributed by atoms with Crippen LogP contribution in [0.25, 0.3) is 11.3 Å². The van der Waals surface area contributed by atoms with E-state index in [1.54, 1.807) is 26.0 Å². The molecule has 28 heavy (non-hydrogen) atoms. The predicted molar refractivity (Wildman–Crippen MR) is 103 cm³/mol. The van der Waals surface area contributed by atoms with Gasteiger partial charge in [-0.25, -0.2) is 0 Å². The predicted octanol–water partition coefficient (Wildman–Crippen LogP) is 3.61. The molecule has 0 aliphatic rings. The molecule has 0 spiro atoms. The second-order valence-corrected chi connectivity index (χ2v) is 6.61. The van der Waals surface area contributed by atoms with Gasteiger partial charge in [0.1, 0.15) is 5.76 Å². The lowest BCUT2D eigenvalue weighted by atomic mass is 9.98. The number of pyridine rings is 1. The van der Waals surface area contributed by atoms with E-state index in [1.807, 2.05) is 31.2 Å². The minimum atomic E-state index is -0.986. The third-order valence-electron chi connectivity index (χ3n) is 4.56. The Labute approximate surface area is 162 Å². The van der Waals surface area contributed by atoms with Crippen molar-refractivity contribution in [1.82, 2.24) is 15.5 Å². The van der Waals surface area contributed by atoms with Crippen LogP contribution in [-0.2, 0) is 4.79 Å². The average Bonchev–Trinajstić information content (AvgIpc) is 2.99. The fourth-order valence-electron chi connectivity index (χ4n) is 3.19.